The van der Waals surface area contributed by atoms with Crippen LogP contribution in [0.3, 0.4) is 0 Å². The first-order valence-corrected chi connectivity index (χ1v) is 5.68. The molecular formula is C12H15FN2O2. The molecule has 1 amide bonds. The Morgan fingerprint density at radius 2 is 2.47 bits per heavy atom. The van der Waals surface area contributed by atoms with Crippen LogP contribution in [0.2, 0.25) is 0 Å². The Morgan fingerprint density at radius 1 is 1.65 bits per heavy atom. The number of halogens is 1. The Hall–Kier alpha value is -1.49. The van der Waals surface area contributed by atoms with Gasteiger partial charge in [-0.2, -0.15) is 4.39 Å². The molecule has 1 fully saturated rings. The van der Waals surface area contributed by atoms with Gasteiger partial charge in [0.2, 0.25) is 5.95 Å². The van der Waals surface area contributed by atoms with Crippen LogP contribution in [0.25, 0.3) is 0 Å². The maximum absolute atomic E-state index is 12.6. The molecular weight excluding hydrogens is 223 g/mol. The first-order chi connectivity index (χ1) is 8.16. The predicted molar refractivity (Wildman–Crippen MR) is 60.0 cm³/mol. The van der Waals surface area contributed by atoms with Gasteiger partial charge in [-0.3, -0.25) is 4.79 Å². The van der Waals surface area contributed by atoms with E-state index in [1.165, 1.54) is 18.3 Å². The number of ether oxygens (including phenoxy) is 1. The molecule has 0 saturated carbocycles. The van der Waals surface area contributed by atoms with Crippen LogP contribution < -0.4 is 5.32 Å². The second kappa shape index (κ2) is 5.23. The summed E-state index contributed by atoms with van der Waals surface area (Å²) in [5.41, 5.74) is 0.373. The van der Waals surface area contributed by atoms with E-state index in [1.807, 2.05) is 6.92 Å². The van der Waals surface area contributed by atoms with Crippen molar-refractivity contribution in [1.82, 2.24) is 10.3 Å². The summed E-state index contributed by atoms with van der Waals surface area (Å²) in [7, 11) is 0. The highest BCUT2D eigenvalue weighted by atomic mass is 19.1. The number of hydrogen-bond acceptors (Lipinski definition) is 3. The van der Waals surface area contributed by atoms with E-state index in [9.17, 15) is 9.18 Å². The van der Waals surface area contributed by atoms with Crippen molar-refractivity contribution >= 4 is 5.91 Å². The fourth-order valence-electron chi connectivity index (χ4n) is 1.88. The molecule has 1 saturated heterocycles. The lowest BCUT2D eigenvalue weighted by atomic mass is 10.0. The van der Waals surface area contributed by atoms with E-state index in [4.69, 9.17) is 4.74 Å². The zero-order valence-corrected chi connectivity index (χ0v) is 9.65. The van der Waals surface area contributed by atoms with Gasteiger partial charge in [0, 0.05) is 25.3 Å². The van der Waals surface area contributed by atoms with E-state index >= 15 is 0 Å². The molecule has 0 spiro atoms. The van der Waals surface area contributed by atoms with Gasteiger partial charge in [-0.05, 0) is 25.5 Å². The number of hydrogen-bond donors (Lipinski definition) is 1. The Kier molecular flexibility index (Phi) is 3.68. The summed E-state index contributed by atoms with van der Waals surface area (Å²) in [4.78, 5) is 15.1. The van der Waals surface area contributed by atoms with Crippen molar-refractivity contribution in [1.29, 1.82) is 0 Å². The van der Waals surface area contributed by atoms with Gasteiger partial charge in [-0.15, -0.1) is 0 Å². The third kappa shape index (κ3) is 3.00. The number of aromatic nitrogens is 1. The molecule has 1 aliphatic rings. The van der Waals surface area contributed by atoms with Crippen molar-refractivity contribution in [2.24, 2.45) is 5.92 Å². The molecule has 0 aromatic carbocycles. The van der Waals surface area contributed by atoms with Crippen molar-refractivity contribution in [2.45, 2.75) is 19.4 Å². The quantitative estimate of drug-likeness (QED) is 0.809. The lowest BCUT2D eigenvalue weighted by Crippen LogP contribution is -2.32. The second-order valence-corrected chi connectivity index (χ2v) is 4.20. The van der Waals surface area contributed by atoms with Crippen molar-refractivity contribution < 1.29 is 13.9 Å². The summed E-state index contributed by atoms with van der Waals surface area (Å²) in [6.07, 6.45) is 2.38. The first-order valence-electron chi connectivity index (χ1n) is 5.68. The highest BCUT2D eigenvalue weighted by Crippen LogP contribution is 2.19. The monoisotopic (exact) mass is 238 g/mol. The Labute approximate surface area is 99.2 Å². The Bertz CT molecular complexity index is 394. The largest absolute Gasteiger partial charge is 0.378 e. The van der Waals surface area contributed by atoms with Gasteiger partial charge in [-0.1, -0.05) is 0 Å². The van der Waals surface area contributed by atoms with Crippen molar-refractivity contribution in [2.75, 3.05) is 13.2 Å². The molecule has 2 rings (SSSR count). The Balaban J connectivity index is 1.87. The molecule has 1 aliphatic heterocycles. The third-order valence-corrected chi connectivity index (χ3v) is 3.05. The minimum absolute atomic E-state index is 0.182. The van der Waals surface area contributed by atoms with Crippen LogP contribution in [0.4, 0.5) is 4.39 Å². The van der Waals surface area contributed by atoms with E-state index < -0.39 is 5.95 Å². The van der Waals surface area contributed by atoms with E-state index in [0.29, 0.717) is 18.0 Å². The third-order valence-electron chi connectivity index (χ3n) is 3.05. The average Bonchev–Trinajstić information content (AvgIpc) is 2.73. The minimum Gasteiger partial charge on any atom is -0.378 e. The second-order valence-electron chi connectivity index (χ2n) is 4.20. The molecule has 2 atom stereocenters. The predicted octanol–water partition coefficient (Wildman–Crippen LogP) is 1.38. The van der Waals surface area contributed by atoms with Gasteiger partial charge in [0.05, 0.1) is 11.7 Å². The lowest BCUT2D eigenvalue weighted by Gasteiger charge is -2.14. The molecule has 2 heterocycles. The normalized spacial score (nSPS) is 23.6. The van der Waals surface area contributed by atoms with Gasteiger partial charge < -0.3 is 10.1 Å². The van der Waals surface area contributed by atoms with Gasteiger partial charge in [0.1, 0.15) is 0 Å². The van der Waals surface area contributed by atoms with Crippen LogP contribution in [-0.4, -0.2) is 30.1 Å². The number of carbonyl (C=O) groups excluding carboxylic acids is 1. The average molecular weight is 238 g/mol. The maximum atomic E-state index is 12.6. The topological polar surface area (TPSA) is 51.2 Å². The highest BCUT2D eigenvalue weighted by Gasteiger charge is 2.24. The molecule has 92 valence electrons. The van der Waals surface area contributed by atoms with E-state index in [2.05, 4.69) is 10.3 Å². The van der Waals surface area contributed by atoms with Crippen LogP contribution in [0.1, 0.15) is 23.7 Å². The molecule has 0 bridgehead atoms. The molecule has 1 N–H and O–H groups in total. The Morgan fingerprint density at radius 3 is 3.06 bits per heavy atom. The maximum Gasteiger partial charge on any atom is 0.252 e. The van der Waals surface area contributed by atoms with Gasteiger partial charge in [-0.25, -0.2) is 4.98 Å². The summed E-state index contributed by atoms with van der Waals surface area (Å²) >= 11 is 0. The fraction of sp³-hybridized carbons (Fsp3) is 0.500. The van der Waals surface area contributed by atoms with E-state index in [1.54, 1.807) is 0 Å². The molecule has 5 heteroatoms. The van der Waals surface area contributed by atoms with Crippen LogP contribution in [0.5, 0.6) is 0 Å². The fourth-order valence-corrected chi connectivity index (χ4v) is 1.88. The molecule has 1 aromatic heterocycles. The van der Waals surface area contributed by atoms with E-state index in [-0.39, 0.29) is 12.0 Å². The van der Waals surface area contributed by atoms with Crippen molar-refractivity contribution in [3.63, 3.8) is 0 Å². The first kappa shape index (κ1) is 12.0. The number of carbonyl (C=O) groups is 1. The molecule has 0 radical (unpaired) electrons. The highest BCUT2D eigenvalue weighted by molar-refractivity contribution is 5.93. The SMILES string of the molecule is CC1OCCC1CNC(=O)c1ccc(F)nc1. The van der Waals surface area contributed by atoms with Crippen molar-refractivity contribution in [3.8, 4) is 0 Å². The number of nitrogens with zero attached hydrogens (tertiary/aromatic N) is 1. The molecule has 2 unspecified atom stereocenters. The summed E-state index contributed by atoms with van der Waals surface area (Å²) in [6.45, 7) is 3.33. The molecule has 17 heavy (non-hydrogen) atoms. The van der Waals surface area contributed by atoms with Crippen molar-refractivity contribution in [3.05, 3.63) is 29.8 Å². The number of amides is 1. The number of nitrogens with one attached hydrogen (secondary N) is 1. The standard InChI is InChI=1S/C12H15FN2O2/c1-8-9(4-5-17-8)6-15-12(16)10-2-3-11(13)14-7-10/h2-3,7-9H,4-6H2,1H3,(H,15,16). The lowest BCUT2D eigenvalue weighted by molar-refractivity contribution is 0.0907. The van der Waals surface area contributed by atoms with E-state index in [0.717, 1.165) is 13.0 Å². The van der Waals surface area contributed by atoms with Crippen LogP contribution in [-0.2, 0) is 4.74 Å². The van der Waals surface area contributed by atoms with Crippen LogP contribution in [0, 0.1) is 11.9 Å². The smallest absolute Gasteiger partial charge is 0.252 e. The summed E-state index contributed by atoms with van der Waals surface area (Å²) in [5.74, 6) is -0.455. The van der Waals surface area contributed by atoms with Gasteiger partial charge >= 0.3 is 0 Å². The number of rotatable bonds is 3. The summed E-state index contributed by atoms with van der Waals surface area (Å²) in [6, 6.07) is 2.60. The molecule has 4 nitrogen and oxygen atoms in total. The number of pyridine rings is 1. The zero-order valence-electron chi connectivity index (χ0n) is 9.65. The van der Waals surface area contributed by atoms with Crippen LogP contribution in [0.15, 0.2) is 18.3 Å². The molecule has 1 aromatic rings. The summed E-state index contributed by atoms with van der Waals surface area (Å²) in [5, 5.41) is 2.81. The molecule has 0 aliphatic carbocycles. The van der Waals surface area contributed by atoms with Gasteiger partial charge in [0.15, 0.2) is 0 Å². The van der Waals surface area contributed by atoms with Crippen LogP contribution >= 0.6 is 0 Å². The minimum atomic E-state index is -0.584. The van der Waals surface area contributed by atoms with Gasteiger partial charge in [0.25, 0.3) is 5.91 Å². The zero-order chi connectivity index (χ0) is 12.3. The summed E-state index contributed by atoms with van der Waals surface area (Å²) < 4.78 is 18.0.